The third kappa shape index (κ3) is 2.58. The number of carbonyl (C=O) groups is 2. The highest BCUT2D eigenvalue weighted by atomic mass is 16.6. The van der Waals surface area contributed by atoms with Crippen LogP contribution in [-0.2, 0) is 19.1 Å². The van der Waals surface area contributed by atoms with Gasteiger partial charge in [-0.1, -0.05) is 6.92 Å². The molecular formula is C12H19NO6. The molecule has 0 spiro atoms. The largest absolute Gasteiger partial charge is 0.480 e. The number of hydrogen-bond donors (Lipinski definition) is 3. The Morgan fingerprint density at radius 2 is 2.16 bits per heavy atom. The maximum absolute atomic E-state index is 11.5. The Balaban J connectivity index is 2.18. The van der Waals surface area contributed by atoms with E-state index in [9.17, 15) is 14.7 Å². The Morgan fingerprint density at radius 3 is 2.68 bits per heavy atom. The van der Waals surface area contributed by atoms with Gasteiger partial charge >= 0.3 is 11.9 Å². The summed E-state index contributed by atoms with van der Waals surface area (Å²) >= 11 is 0. The molecule has 2 fully saturated rings. The van der Waals surface area contributed by atoms with Crippen LogP contribution in [0.2, 0.25) is 0 Å². The molecule has 4 N–H and O–H groups in total. The second-order valence-electron chi connectivity index (χ2n) is 5.41. The molecule has 0 aromatic rings. The first kappa shape index (κ1) is 14.2. The third-order valence-electron chi connectivity index (χ3n) is 3.98. The Bertz CT molecular complexity index is 386. The van der Waals surface area contributed by atoms with Crippen molar-refractivity contribution in [1.82, 2.24) is 0 Å². The van der Waals surface area contributed by atoms with Gasteiger partial charge in [0.15, 0.2) is 5.60 Å². The van der Waals surface area contributed by atoms with E-state index < -0.39 is 23.6 Å². The molecule has 0 aromatic heterocycles. The average molecular weight is 273 g/mol. The minimum atomic E-state index is -1.55. The number of aliphatic carboxylic acids is 2. The monoisotopic (exact) mass is 273 g/mol. The summed E-state index contributed by atoms with van der Waals surface area (Å²) in [6.07, 6.45) is 0.118. The molecule has 0 amide bonds. The highest BCUT2D eigenvalue weighted by Crippen LogP contribution is 2.41. The minimum Gasteiger partial charge on any atom is -0.480 e. The lowest BCUT2D eigenvalue weighted by atomic mass is 9.88. The van der Waals surface area contributed by atoms with Gasteiger partial charge < -0.3 is 25.4 Å². The topological polar surface area (TPSA) is 119 Å². The van der Waals surface area contributed by atoms with Crippen LogP contribution in [0.4, 0.5) is 0 Å². The van der Waals surface area contributed by atoms with E-state index in [2.05, 4.69) is 0 Å². The average Bonchev–Trinajstić information content (AvgIpc) is 2.70. The third-order valence-corrected chi connectivity index (χ3v) is 3.98. The summed E-state index contributed by atoms with van der Waals surface area (Å²) in [4.78, 5) is 22.3. The first-order valence-corrected chi connectivity index (χ1v) is 6.37. The Hall–Kier alpha value is -1.18. The number of carboxylic acid groups (broad SMARTS) is 2. The molecule has 2 saturated heterocycles. The second kappa shape index (κ2) is 5.07. The van der Waals surface area contributed by atoms with Gasteiger partial charge in [0, 0.05) is 19.4 Å². The summed E-state index contributed by atoms with van der Waals surface area (Å²) in [7, 11) is 0. The summed E-state index contributed by atoms with van der Waals surface area (Å²) < 4.78 is 11.2. The normalized spacial score (nSPS) is 39.6. The van der Waals surface area contributed by atoms with E-state index in [0.717, 1.165) is 6.42 Å². The summed E-state index contributed by atoms with van der Waals surface area (Å²) in [5, 5.41) is 18.2. The van der Waals surface area contributed by atoms with Crippen LogP contribution >= 0.6 is 0 Å². The van der Waals surface area contributed by atoms with Crippen LogP contribution in [0.1, 0.15) is 26.2 Å². The lowest BCUT2D eigenvalue weighted by molar-refractivity contribution is -0.172. The smallest absolute Gasteiger partial charge is 0.336 e. The molecule has 2 aliphatic heterocycles. The number of nitrogens with two attached hydrogens (primary N) is 1. The van der Waals surface area contributed by atoms with E-state index in [-0.39, 0.29) is 31.0 Å². The molecule has 108 valence electrons. The van der Waals surface area contributed by atoms with Crippen molar-refractivity contribution < 1.29 is 29.3 Å². The molecule has 7 heteroatoms. The molecule has 19 heavy (non-hydrogen) atoms. The van der Waals surface area contributed by atoms with Gasteiger partial charge in [0.1, 0.15) is 6.04 Å². The summed E-state index contributed by atoms with van der Waals surface area (Å²) in [6, 6.07) is -1.26. The van der Waals surface area contributed by atoms with Crippen molar-refractivity contribution >= 4 is 11.9 Å². The van der Waals surface area contributed by atoms with Crippen LogP contribution in [0.3, 0.4) is 0 Å². The van der Waals surface area contributed by atoms with Gasteiger partial charge in [0.25, 0.3) is 0 Å². The maximum Gasteiger partial charge on any atom is 0.336 e. The highest BCUT2D eigenvalue weighted by Gasteiger charge is 2.55. The molecule has 2 heterocycles. The number of fused-ring (bicyclic) bond motifs is 1. The molecule has 5 unspecified atom stereocenters. The Kier molecular flexibility index (Phi) is 3.80. The first-order chi connectivity index (χ1) is 8.85. The van der Waals surface area contributed by atoms with Gasteiger partial charge in [-0.2, -0.15) is 0 Å². The van der Waals surface area contributed by atoms with E-state index in [1.54, 1.807) is 0 Å². The van der Waals surface area contributed by atoms with Gasteiger partial charge in [-0.3, -0.25) is 4.79 Å². The quantitative estimate of drug-likeness (QED) is 0.650. The highest BCUT2D eigenvalue weighted by molar-refractivity contribution is 5.80. The Morgan fingerprint density at radius 1 is 1.47 bits per heavy atom. The lowest BCUT2D eigenvalue weighted by Crippen LogP contribution is -2.47. The Labute approximate surface area is 110 Å². The van der Waals surface area contributed by atoms with Crippen LogP contribution in [0, 0.1) is 5.92 Å². The zero-order valence-electron chi connectivity index (χ0n) is 10.7. The van der Waals surface area contributed by atoms with Crippen molar-refractivity contribution in [2.45, 2.75) is 50.0 Å². The van der Waals surface area contributed by atoms with Crippen molar-refractivity contribution in [3.63, 3.8) is 0 Å². The number of carboxylic acids is 2. The van der Waals surface area contributed by atoms with Gasteiger partial charge in [-0.25, -0.2) is 4.79 Å². The molecule has 5 atom stereocenters. The summed E-state index contributed by atoms with van der Waals surface area (Å²) in [6.45, 7) is 2.56. The predicted octanol–water partition coefficient (Wildman–Crippen LogP) is -0.174. The van der Waals surface area contributed by atoms with Crippen LogP contribution in [0.25, 0.3) is 0 Å². The molecule has 2 aliphatic rings. The standard InChI is InChI=1S/C12H19NO6/c1-6-2-3-18-8-5-12(11(16)17,19-9(6)8)4-7(13)10(14)15/h6-9H,2-5,13H2,1H3,(H,14,15)(H,16,17). The van der Waals surface area contributed by atoms with Gasteiger partial charge in [0.05, 0.1) is 12.2 Å². The molecule has 7 nitrogen and oxygen atoms in total. The van der Waals surface area contributed by atoms with E-state index in [1.807, 2.05) is 6.92 Å². The van der Waals surface area contributed by atoms with Crippen LogP contribution < -0.4 is 5.73 Å². The van der Waals surface area contributed by atoms with E-state index in [1.165, 1.54) is 0 Å². The van der Waals surface area contributed by atoms with Crippen LogP contribution in [0.5, 0.6) is 0 Å². The molecule has 0 aliphatic carbocycles. The van der Waals surface area contributed by atoms with E-state index in [4.69, 9.17) is 20.3 Å². The van der Waals surface area contributed by atoms with Crippen molar-refractivity contribution in [2.75, 3.05) is 6.61 Å². The number of hydrogen-bond acceptors (Lipinski definition) is 5. The zero-order chi connectivity index (χ0) is 14.2. The van der Waals surface area contributed by atoms with Crippen molar-refractivity contribution in [2.24, 2.45) is 11.7 Å². The van der Waals surface area contributed by atoms with Gasteiger partial charge in [-0.15, -0.1) is 0 Å². The molecular weight excluding hydrogens is 254 g/mol. The van der Waals surface area contributed by atoms with Crippen LogP contribution in [0.15, 0.2) is 0 Å². The summed E-state index contributed by atoms with van der Waals surface area (Å²) in [5.74, 6) is -2.21. The first-order valence-electron chi connectivity index (χ1n) is 6.37. The van der Waals surface area contributed by atoms with Crippen molar-refractivity contribution in [1.29, 1.82) is 0 Å². The van der Waals surface area contributed by atoms with Gasteiger partial charge in [-0.05, 0) is 12.3 Å². The number of rotatable bonds is 4. The van der Waals surface area contributed by atoms with Crippen LogP contribution in [-0.4, -0.2) is 52.6 Å². The van der Waals surface area contributed by atoms with E-state index >= 15 is 0 Å². The molecule has 2 rings (SSSR count). The minimum absolute atomic E-state index is 0.151. The number of ether oxygens (including phenoxy) is 2. The lowest BCUT2D eigenvalue weighted by Gasteiger charge is -2.31. The SMILES string of the molecule is CC1CCOC2CC(CC(N)C(=O)O)(C(=O)O)OC12. The van der Waals surface area contributed by atoms with Crippen molar-refractivity contribution in [3.05, 3.63) is 0 Å². The fourth-order valence-electron chi connectivity index (χ4n) is 2.83. The predicted molar refractivity (Wildman–Crippen MR) is 63.6 cm³/mol. The van der Waals surface area contributed by atoms with Crippen molar-refractivity contribution in [3.8, 4) is 0 Å². The molecule has 0 aromatic carbocycles. The molecule has 0 saturated carbocycles. The van der Waals surface area contributed by atoms with Gasteiger partial charge in [0.2, 0.25) is 0 Å². The second-order valence-corrected chi connectivity index (χ2v) is 5.41. The molecule has 0 radical (unpaired) electrons. The summed E-state index contributed by atoms with van der Waals surface area (Å²) in [5.41, 5.74) is 3.91. The maximum atomic E-state index is 11.5. The van der Waals surface area contributed by atoms with E-state index in [0.29, 0.717) is 6.61 Å². The molecule has 0 bridgehead atoms. The fraction of sp³-hybridized carbons (Fsp3) is 0.833. The zero-order valence-corrected chi connectivity index (χ0v) is 10.7. The fourth-order valence-corrected chi connectivity index (χ4v) is 2.83.